The summed E-state index contributed by atoms with van der Waals surface area (Å²) in [6.45, 7) is 4.44. The van der Waals surface area contributed by atoms with Gasteiger partial charge in [-0.1, -0.05) is 18.2 Å². The van der Waals surface area contributed by atoms with Crippen LogP contribution in [0.5, 0.6) is 11.5 Å². The number of aromatic nitrogens is 1. The molecule has 8 nitrogen and oxygen atoms in total. The zero-order chi connectivity index (χ0) is 24.6. The fourth-order valence-electron chi connectivity index (χ4n) is 3.35. The first-order valence-corrected chi connectivity index (χ1v) is 12.0. The van der Waals surface area contributed by atoms with Crippen LogP contribution in [0.25, 0.3) is 10.8 Å². The minimum Gasteiger partial charge on any atom is -0.492 e. The Morgan fingerprint density at radius 2 is 1.63 bits per heavy atom. The highest BCUT2D eigenvalue weighted by atomic mass is 32.1. The number of carbonyl (C=O) groups excluding carboxylic acids is 2. The maximum absolute atomic E-state index is 12.8. The lowest BCUT2D eigenvalue weighted by molar-refractivity contribution is -0.115. The van der Waals surface area contributed by atoms with Gasteiger partial charge in [0.2, 0.25) is 5.91 Å². The van der Waals surface area contributed by atoms with Gasteiger partial charge in [-0.2, -0.15) is 0 Å². The van der Waals surface area contributed by atoms with Crippen molar-refractivity contribution < 1.29 is 23.5 Å². The Morgan fingerprint density at radius 3 is 2.26 bits per heavy atom. The first-order valence-electron chi connectivity index (χ1n) is 11.2. The van der Waals surface area contributed by atoms with Crippen molar-refractivity contribution in [2.45, 2.75) is 20.3 Å². The summed E-state index contributed by atoms with van der Waals surface area (Å²) in [7, 11) is 0. The zero-order valence-electron chi connectivity index (χ0n) is 19.4. The minimum atomic E-state index is -0.276. The molecule has 0 unspecified atom stereocenters. The van der Waals surface area contributed by atoms with Crippen LogP contribution >= 0.6 is 11.3 Å². The Bertz CT molecular complexity index is 1290. The summed E-state index contributed by atoms with van der Waals surface area (Å²) in [5.74, 6) is 0.966. The van der Waals surface area contributed by atoms with Gasteiger partial charge < -0.3 is 24.5 Å². The highest BCUT2D eigenvalue weighted by Crippen LogP contribution is 2.37. The predicted molar refractivity (Wildman–Crippen MR) is 135 cm³/mol. The second-order valence-corrected chi connectivity index (χ2v) is 8.24. The second-order valence-electron chi connectivity index (χ2n) is 7.38. The number of furan rings is 1. The lowest BCUT2D eigenvalue weighted by Gasteiger charge is -2.17. The highest BCUT2D eigenvalue weighted by molar-refractivity contribution is 7.13. The van der Waals surface area contributed by atoms with Crippen molar-refractivity contribution in [3.05, 3.63) is 77.5 Å². The molecule has 0 aliphatic heterocycles. The van der Waals surface area contributed by atoms with Gasteiger partial charge in [-0.15, -0.1) is 11.3 Å². The minimum absolute atomic E-state index is 0.0826. The number of rotatable bonds is 10. The van der Waals surface area contributed by atoms with Gasteiger partial charge in [0.05, 0.1) is 43.0 Å². The van der Waals surface area contributed by atoms with Gasteiger partial charge in [-0.05, 0) is 38.1 Å². The molecule has 2 aromatic carbocycles. The van der Waals surface area contributed by atoms with Crippen LogP contribution in [-0.2, 0) is 11.2 Å². The Balaban J connectivity index is 1.53. The number of ether oxygens (including phenoxy) is 2. The number of nitrogens with one attached hydrogen (secondary N) is 2. The van der Waals surface area contributed by atoms with Gasteiger partial charge >= 0.3 is 0 Å². The quantitative estimate of drug-likeness (QED) is 0.298. The second kappa shape index (κ2) is 11.3. The summed E-state index contributed by atoms with van der Waals surface area (Å²) in [5, 5.41) is 8.30. The van der Waals surface area contributed by atoms with Crippen molar-refractivity contribution in [1.29, 1.82) is 0 Å². The average molecular weight is 492 g/mol. The van der Waals surface area contributed by atoms with Crippen molar-refractivity contribution in [3.8, 4) is 22.3 Å². The van der Waals surface area contributed by atoms with Gasteiger partial charge in [-0.3, -0.25) is 9.59 Å². The number of amides is 2. The van der Waals surface area contributed by atoms with E-state index in [1.165, 1.54) is 11.3 Å². The summed E-state index contributed by atoms with van der Waals surface area (Å²) in [6, 6.07) is 15.8. The number of thiazole rings is 1. The van der Waals surface area contributed by atoms with Gasteiger partial charge in [0.25, 0.3) is 5.91 Å². The SMILES string of the molecule is CCOc1cc(NC(=O)c2ccccc2)c(OCC)cc1NC(=O)Cc1csc(-c2ccco2)n1. The summed E-state index contributed by atoms with van der Waals surface area (Å²) in [6.07, 6.45) is 1.67. The molecule has 0 radical (unpaired) electrons. The molecule has 180 valence electrons. The van der Waals surface area contributed by atoms with E-state index in [4.69, 9.17) is 13.9 Å². The molecule has 0 spiro atoms. The normalized spacial score (nSPS) is 10.6. The summed E-state index contributed by atoms with van der Waals surface area (Å²) in [4.78, 5) is 30.0. The largest absolute Gasteiger partial charge is 0.492 e. The van der Waals surface area contributed by atoms with E-state index in [1.807, 2.05) is 31.4 Å². The van der Waals surface area contributed by atoms with E-state index in [-0.39, 0.29) is 18.2 Å². The van der Waals surface area contributed by atoms with Crippen LogP contribution in [0.3, 0.4) is 0 Å². The lowest BCUT2D eigenvalue weighted by Crippen LogP contribution is -2.17. The third-order valence-electron chi connectivity index (χ3n) is 4.87. The molecule has 0 bridgehead atoms. The molecular formula is C26H25N3O5S. The van der Waals surface area contributed by atoms with Crippen molar-refractivity contribution in [2.24, 2.45) is 0 Å². The van der Waals surface area contributed by atoms with Crippen LogP contribution in [0.15, 0.2) is 70.7 Å². The van der Waals surface area contributed by atoms with Crippen LogP contribution in [0.1, 0.15) is 29.9 Å². The third kappa shape index (κ3) is 6.07. The first-order chi connectivity index (χ1) is 17.1. The molecule has 0 saturated heterocycles. The maximum Gasteiger partial charge on any atom is 0.255 e. The smallest absolute Gasteiger partial charge is 0.255 e. The third-order valence-corrected chi connectivity index (χ3v) is 5.77. The van der Waals surface area contributed by atoms with Crippen LogP contribution in [0.4, 0.5) is 11.4 Å². The molecule has 0 saturated carbocycles. The van der Waals surface area contributed by atoms with E-state index in [0.717, 1.165) is 0 Å². The Kier molecular flexibility index (Phi) is 7.79. The lowest BCUT2D eigenvalue weighted by atomic mass is 10.2. The molecule has 2 amide bonds. The Labute approximate surface area is 206 Å². The Hall–Kier alpha value is -4.11. The molecule has 4 rings (SSSR count). The molecule has 9 heteroatoms. The van der Waals surface area contributed by atoms with E-state index in [9.17, 15) is 9.59 Å². The van der Waals surface area contributed by atoms with E-state index in [1.54, 1.807) is 48.7 Å². The molecule has 2 heterocycles. The standard InChI is InChI=1S/C26H25N3O5S/c1-3-32-22-15-20(29-25(31)17-9-6-5-7-10-17)23(33-4-2)14-19(22)28-24(30)13-18-16-35-26(27-18)21-11-8-12-34-21/h5-12,14-16H,3-4,13H2,1-2H3,(H,28,30)(H,29,31). The van der Waals surface area contributed by atoms with Crippen LogP contribution in [-0.4, -0.2) is 30.0 Å². The molecule has 2 aromatic heterocycles. The zero-order valence-corrected chi connectivity index (χ0v) is 20.2. The highest BCUT2D eigenvalue weighted by Gasteiger charge is 2.18. The number of nitrogens with zero attached hydrogens (tertiary/aromatic N) is 1. The van der Waals surface area contributed by atoms with E-state index in [0.29, 0.717) is 58.1 Å². The van der Waals surface area contributed by atoms with E-state index >= 15 is 0 Å². The molecule has 0 atom stereocenters. The van der Waals surface area contributed by atoms with Crippen molar-refractivity contribution in [2.75, 3.05) is 23.8 Å². The molecule has 0 fully saturated rings. The van der Waals surface area contributed by atoms with Crippen molar-refractivity contribution in [1.82, 2.24) is 4.98 Å². The monoisotopic (exact) mass is 491 g/mol. The van der Waals surface area contributed by atoms with Gasteiger partial charge in [0, 0.05) is 23.1 Å². The molecule has 0 aliphatic rings. The number of hydrogen-bond donors (Lipinski definition) is 2. The average Bonchev–Trinajstić information content (AvgIpc) is 3.55. The van der Waals surface area contributed by atoms with Gasteiger partial charge in [0.1, 0.15) is 11.5 Å². The van der Waals surface area contributed by atoms with Gasteiger partial charge in [-0.25, -0.2) is 4.98 Å². The number of carbonyl (C=O) groups is 2. The summed E-state index contributed by atoms with van der Waals surface area (Å²) < 4.78 is 16.9. The summed E-state index contributed by atoms with van der Waals surface area (Å²) in [5.41, 5.74) is 2.04. The Morgan fingerprint density at radius 1 is 0.943 bits per heavy atom. The number of benzene rings is 2. The summed E-state index contributed by atoms with van der Waals surface area (Å²) >= 11 is 1.41. The van der Waals surface area contributed by atoms with E-state index in [2.05, 4.69) is 15.6 Å². The van der Waals surface area contributed by atoms with Crippen molar-refractivity contribution >= 4 is 34.5 Å². The molecule has 35 heavy (non-hydrogen) atoms. The topological polar surface area (TPSA) is 103 Å². The fraction of sp³-hybridized carbons (Fsp3) is 0.192. The number of anilines is 2. The molecule has 4 aromatic rings. The predicted octanol–water partition coefficient (Wildman–Crippen LogP) is 5.63. The van der Waals surface area contributed by atoms with Crippen LogP contribution in [0, 0.1) is 0 Å². The molecule has 2 N–H and O–H groups in total. The fourth-order valence-corrected chi connectivity index (χ4v) is 4.14. The van der Waals surface area contributed by atoms with E-state index < -0.39 is 0 Å². The van der Waals surface area contributed by atoms with Crippen LogP contribution < -0.4 is 20.1 Å². The van der Waals surface area contributed by atoms with Gasteiger partial charge in [0.15, 0.2) is 10.8 Å². The first kappa shape index (κ1) is 24.0. The molecular weight excluding hydrogens is 466 g/mol. The number of hydrogen-bond acceptors (Lipinski definition) is 7. The van der Waals surface area contributed by atoms with Crippen LogP contribution in [0.2, 0.25) is 0 Å². The van der Waals surface area contributed by atoms with Crippen molar-refractivity contribution in [3.63, 3.8) is 0 Å². The molecule has 0 aliphatic carbocycles. The maximum atomic E-state index is 12.8.